The van der Waals surface area contributed by atoms with Crippen LogP contribution in [0.4, 0.5) is 0 Å². The highest BCUT2D eigenvalue weighted by molar-refractivity contribution is 8.01. The summed E-state index contributed by atoms with van der Waals surface area (Å²) < 4.78 is 19.9. The van der Waals surface area contributed by atoms with Crippen molar-refractivity contribution in [2.75, 3.05) is 32.6 Å². The molecule has 0 radical (unpaired) electrons. The molecular weight excluding hydrogens is 649 g/mol. The van der Waals surface area contributed by atoms with Crippen molar-refractivity contribution in [1.29, 1.82) is 0 Å². The molecule has 5 rings (SSSR count). The van der Waals surface area contributed by atoms with E-state index in [2.05, 4.69) is 4.90 Å². The van der Waals surface area contributed by atoms with Gasteiger partial charge in [0.05, 0.1) is 18.8 Å². The lowest BCUT2D eigenvalue weighted by Gasteiger charge is -2.39. The van der Waals surface area contributed by atoms with Crippen LogP contribution in [0.3, 0.4) is 0 Å². The van der Waals surface area contributed by atoms with Crippen LogP contribution in [0.15, 0.2) is 83.8 Å². The van der Waals surface area contributed by atoms with Crippen LogP contribution in [0.25, 0.3) is 0 Å². The van der Waals surface area contributed by atoms with Gasteiger partial charge < -0.3 is 9.30 Å². The number of hydrogen-bond donors (Lipinski definition) is 0. The summed E-state index contributed by atoms with van der Waals surface area (Å²) >= 11 is 1.69. The highest BCUT2D eigenvalue weighted by Crippen LogP contribution is 2.52. The van der Waals surface area contributed by atoms with Crippen LogP contribution in [0.5, 0.6) is 0 Å². The van der Waals surface area contributed by atoms with E-state index in [-0.39, 0.29) is 11.1 Å². The van der Waals surface area contributed by atoms with Gasteiger partial charge in [0.15, 0.2) is 5.78 Å². The number of ketones is 1. The molecule has 1 aliphatic heterocycles. The number of benzene rings is 4. The fourth-order valence-corrected chi connectivity index (χ4v) is 9.66. The van der Waals surface area contributed by atoms with Crippen LogP contribution >= 0.6 is 18.9 Å². The molecule has 1 aliphatic rings. The van der Waals surface area contributed by atoms with Crippen LogP contribution in [0.1, 0.15) is 78.3 Å². The summed E-state index contributed by atoms with van der Waals surface area (Å²) in [6.07, 6.45) is 2.04. The average Bonchev–Trinajstić information content (AvgIpc) is 3.07. The van der Waals surface area contributed by atoms with Gasteiger partial charge in [0.2, 0.25) is 18.2 Å². The molecule has 0 N–H and O–H groups in total. The number of carbonyl (C=O) groups is 3. The molecule has 6 nitrogen and oxygen atoms in total. The molecular formula is C41H48NO5PS. The van der Waals surface area contributed by atoms with Crippen molar-refractivity contribution in [3.05, 3.63) is 129 Å². The molecule has 0 saturated carbocycles. The van der Waals surface area contributed by atoms with Crippen LogP contribution in [-0.4, -0.2) is 59.8 Å². The second-order valence-corrected chi connectivity index (χ2v) is 16.7. The second kappa shape index (κ2) is 15.9. The van der Waals surface area contributed by atoms with Gasteiger partial charge in [-0.1, -0.05) is 77.9 Å². The Bertz CT molecular complexity index is 1770. The first-order valence-electron chi connectivity index (χ1n) is 16.6. The molecule has 0 bridgehead atoms. The number of morpholine rings is 1. The number of Topliss-reactive ketones (excluding diaryl/α,β-unsaturated/α-hetero) is 1. The van der Waals surface area contributed by atoms with E-state index in [1.165, 1.54) is 4.90 Å². The number of nitrogens with zero attached hydrogens (tertiary/aromatic N) is 1. The van der Waals surface area contributed by atoms with Gasteiger partial charge in [-0.3, -0.25) is 19.3 Å². The maximum Gasteiger partial charge on any atom is 0.248 e. The second-order valence-electron chi connectivity index (χ2n) is 13.3. The Labute approximate surface area is 296 Å². The van der Waals surface area contributed by atoms with E-state index in [1.807, 2.05) is 110 Å². The summed E-state index contributed by atoms with van der Waals surface area (Å²) in [5, 5.41) is 0.277. The van der Waals surface area contributed by atoms with Crippen molar-refractivity contribution in [3.8, 4) is 0 Å². The maximum atomic E-state index is 14.5. The average molecular weight is 698 g/mol. The van der Waals surface area contributed by atoms with Gasteiger partial charge in [0.1, 0.15) is 0 Å². The predicted molar refractivity (Wildman–Crippen MR) is 203 cm³/mol. The van der Waals surface area contributed by atoms with Gasteiger partial charge in [-0.2, -0.15) is 0 Å². The summed E-state index contributed by atoms with van der Waals surface area (Å²) in [6, 6.07) is 23.9. The Morgan fingerprint density at radius 3 is 1.53 bits per heavy atom. The van der Waals surface area contributed by atoms with Gasteiger partial charge in [0, 0.05) is 40.0 Å². The third kappa shape index (κ3) is 8.24. The van der Waals surface area contributed by atoms with Gasteiger partial charge >= 0.3 is 0 Å². The Morgan fingerprint density at radius 2 is 1.12 bits per heavy atom. The Morgan fingerprint density at radius 1 is 0.694 bits per heavy atom. The van der Waals surface area contributed by atoms with E-state index in [4.69, 9.17) is 4.74 Å². The Kier molecular flexibility index (Phi) is 12.4. The normalized spacial score (nSPS) is 13.7. The monoisotopic (exact) mass is 697 g/mol. The SMILES string of the molecule is CSc1ccc(C(=O)C(C)(C)N2CCOCC2)cc1.Cc1cc(C)c(C(=O)P(=O)(C(=O)c2c(C)cc(C)cc2C)c2ccccc2)c(C)c1. The summed E-state index contributed by atoms with van der Waals surface area (Å²) in [5.41, 5.74) is 4.88. The topological polar surface area (TPSA) is 80.8 Å². The Hall–Kier alpha value is -3.61. The largest absolute Gasteiger partial charge is 0.379 e. The predicted octanol–water partition coefficient (Wildman–Crippen LogP) is 8.91. The molecule has 49 heavy (non-hydrogen) atoms. The lowest BCUT2D eigenvalue weighted by Crippen LogP contribution is -2.54. The van der Waals surface area contributed by atoms with E-state index in [0.717, 1.165) is 52.0 Å². The van der Waals surface area contributed by atoms with Crippen molar-refractivity contribution in [2.45, 2.75) is 65.8 Å². The molecule has 0 spiro atoms. The van der Waals surface area contributed by atoms with Crippen LogP contribution in [0.2, 0.25) is 0 Å². The van der Waals surface area contributed by atoms with E-state index in [0.29, 0.717) is 24.3 Å². The fourth-order valence-electron chi connectivity index (χ4n) is 6.68. The number of carbonyl (C=O) groups excluding carboxylic acids is 3. The maximum absolute atomic E-state index is 14.5. The molecule has 0 aromatic heterocycles. The molecule has 0 unspecified atom stereocenters. The van der Waals surface area contributed by atoms with E-state index in [9.17, 15) is 18.9 Å². The Balaban J connectivity index is 0.000000244. The quantitative estimate of drug-likeness (QED) is 0.0982. The van der Waals surface area contributed by atoms with Gasteiger partial charge in [0.25, 0.3) is 0 Å². The molecule has 1 heterocycles. The van der Waals surface area contributed by atoms with E-state index < -0.39 is 23.7 Å². The first-order chi connectivity index (χ1) is 23.1. The van der Waals surface area contributed by atoms with Crippen LogP contribution < -0.4 is 5.30 Å². The van der Waals surface area contributed by atoms with E-state index >= 15 is 0 Å². The first kappa shape index (κ1) is 38.2. The van der Waals surface area contributed by atoms with Crippen LogP contribution in [0, 0.1) is 41.5 Å². The number of thioether (sulfide) groups is 1. The lowest BCUT2D eigenvalue weighted by atomic mass is 9.91. The third-order valence-corrected chi connectivity index (χ3v) is 12.5. The number of aryl methyl sites for hydroxylation is 6. The molecule has 1 saturated heterocycles. The van der Waals surface area contributed by atoms with Gasteiger partial charge in [-0.25, -0.2) is 0 Å². The van der Waals surface area contributed by atoms with Crippen molar-refractivity contribution in [1.82, 2.24) is 4.90 Å². The fraction of sp³-hybridized carbons (Fsp3) is 0.341. The van der Waals surface area contributed by atoms with Crippen molar-refractivity contribution >= 4 is 41.0 Å². The first-order valence-corrected chi connectivity index (χ1v) is 19.5. The smallest absolute Gasteiger partial charge is 0.248 e. The molecule has 0 amide bonds. The minimum absolute atomic E-state index is 0.182. The standard InChI is InChI=1S/C26H27O3P.C15H21NO2S/c1-16-12-18(3)23(19(4)13-16)25(27)30(29,22-10-8-7-9-11-22)26(28)24-20(5)14-17(2)15-21(24)6;1-15(2,16-8-10-18-11-9-16)14(17)12-4-6-13(19-3)7-5-12/h7-15H,1-6H3;4-7H,8-11H2,1-3H3. The van der Waals surface area contributed by atoms with Gasteiger partial charge in [-0.15, -0.1) is 11.8 Å². The van der Waals surface area contributed by atoms with Crippen molar-refractivity contribution in [2.24, 2.45) is 0 Å². The van der Waals surface area contributed by atoms with Crippen LogP contribution in [-0.2, 0) is 9.30 Å². The molecule has 4 aromatic rings. The highest BCUT2D eigenvalue weighted by atomic mass is 32.2. The summed E-state index contributed by atoms with van der Waals surface area (Å²) in [7, 11) is -4.11. The minimum atomic E-state index is -4.11. The lowest BCUT2D eigenvalue weighted by molar-refractivity contribution is -0.00430. The minimum Gasteiger partial charge on any atom is -0.379 e. The van der Waals surface area contributed by atoms with Crippen molar-refractivity contribution in [3.63, 3.8) is 0 Å². The van der Waals surface area contributed by atoms with Gasteiger partial charge in [-0.05, 0) is 96.0 Å². The summed E-state index contributed by atoms with van der Waals surface area (Å²) in [5.74, 6) is 0.182. The van der Waals surface area contributed by atoms with Crippen molar-refractivity contribution < 1.29 is 23.7 Å². The third-order valence-electron chi connectivity index (χ3n) is 9.18. The molecule has 0 aliphatic carbocycles. The number of rotatable bonds is 9. The number of hydrogen-bond acceptors (Lipinski definition) is 7. The molecule has 8 heteroatoms. The molecule has 1 fully saturated rings. The molecule has 4 aromatic carbocycles. The molecule has 258 valence electrons. The summed E-state index contributed by atoms with van der Waals surface area (Å²) in [6.45, 7) is 18.3. The van der Waals surface area contributed by atoms with E-state index in [1.54, 1.807) is 42.1 Å². The highest BCUT2D eigenvalue weighted by Gasteiger charge is 2.44. The molecule has 0 atom stereocenters. The zero-order chi connectivity index (χ0) is 36.1. The zero-order valence-corrected chi connectivity index (χ0v) is 31.9. The number of ether oxygens (including phenoxy) is 1. The zero-order valence-electron chi connectivity index (χ0n) is 30.2. The summed E-state index contributed by atoms with van der Waals surface area (Å²) in [4.78, 5) is 43.7.